The minimum absolute atomic E-state index is 0.345. The quantitative estimate of drug-likeness (QED) is 0.668. The summed E-state index contributed by atoms with van der Waals surface area (Å²) in [6.45, 7) is 0.396. The Hall–Kier alpha value is -3.43. The first-order chi connectivity index (χ1) is 13.0. The van der Waals surface area contributed by atoms with Crippen molar-refractivity contribution < 1.29 is 14.3 Å². The minimum atomic E-state index is -0.432. The van der Waals surface area contributed by atoms with Gasteiger partial charge in [0.15, 0.2) is 0 Å². The third-order valence-electron chi connectivity index (χ3n) is 3.93. The molecule has 3 aromatic rings. The average molecular weight is 382 g/mol. The van der Waals surface area contributed by atoms with Crippen molar-refractivity contribution >= 4 is 23.3 Å². The van der Waals surface area contributed by atoms with E-state index in [0.29, 0.717) is 40.1 Å². The van der Waals surface area contributed by atoms with Gasteiger partial charge in [-0.05, 0) is 42.0 Å². The number of ether oxygens (including phenoxy) is 2. The fraction of sp³-hybridized carbons (Fsp3) is 0.100. The van der Waals surface area contributed by atoms with Gasteiger partial charge in [-0.1, -0.05) is 23.7 Å². The zero-order chi connectivity index (χ0) is 19.4. The second-order valence-electron chi connectivity index (χ2n) is 5.73. The van der Waals surface area contributed by atoms with Crippen LogP contribution < -0.4 is 10.5 Å². The number of methoxy groups -OCH3 is 1. The van der Waals surface area contributed by atoms with E-state index in [0.717, 1.165) is 5.56 Å². The summed E-state index contributed by atoms with van der Waals surface area (Å²) >= 11 is 5.92. The summed E-state index contributed by atoms with van der Waals surface area (Å²) in [6.07, 6.45) is 0. The molecule has 0 saturated carbocycles. The van der Waals surface area contributed by atoms with Gasteiger partial charge in [0.2, 0.25) is 5.88 Å². The summed E-state index contributed by atoms with van der Waals surface area (Å²) in [5, 5.41) is 10.0. The molecule has 0 atom stereocenters. The molecule has 2 aromatic carbocycles. The third-order valence-corrected chi connectivity index (χ3v) is 4.19. The Bertz CT molecular complexity index is 1000. The zero-order valence-corrected chi connectivity index (χ0v) is 15.2. The molecule has 0 aliphatic carbocycles. The van der Waals surface area contributed by atoms with Crippen LogP contribution in [0.25, 0.3) is 0 Å². The molecular formula is C20H16ClN3O3. The Morgan fingerprint density at radius 2 is 1.85 bits per heavy atom. The molecule has 0 unspecified atom stereocenters. The smallest absolute Gasteiger partial charge is 0.337 e. The van der Waals surface area contributed by atoms with Gasteiger partial charge < -0.3 is 15.2 Å². The van der Waals surface area contributed by atoms with Gasteiger partial charge in [0.05, 0.1) is 24.9 Å². The highest BCUT2D eigenvalue weighted by molar-refractivity contribution is 6.30. The Balaban J connectivity index is 1.91. The summed E-state index contributed by atoms with van der Waals surface area (Å²) in [4.78, 5) is 11.5. The molecule has 0 fully saturated rings. The van der Waals surface area contributed by atoms with Gasteiger partial charge in [0.25, 0.3) is 0 Å². The first-order valence-corrected chi connectivity index (χ1v) is 8.39. The van der Waals surface area contributed by atoms with Crippen molar-refractivity contribution in [3.63, 3.8) is 0 Å². The second kappa shape index (κ2) is 7.85. The number of rotatable bonds is 5. The van der Waals surface area contributed by atoms with Crippen molar-refractivity contribution in [2.45, 2.75) is 6.54 Å². The molecule has 7 heteroatoms. The van der Waals surface area contributed by atoms with Crippen molar-refractivity contribution in [3.8, 4) is 17.7 Å². The normalized spacial score (nSPS) is 10.3. The Morgan fingerprint density at radius 3 is 2.44 bits per heavy atom. The van der Waals surface area contributed by atoms with Gasteiger partial charge in [-0.2, -0.15) is 5.26 Å². The predicted molar refractivity (Wildman–Crippen MR) is 102 cm³/mol. The maximum Gasteiger partial charge on any atom is 0.337 e. The highest BCUT2D eigenvalue weighted by Gasteiger charge is 2.16. The molecule has 0 bridgehead atoms. The van der Waals surface area contributed by atoms with Gasteiger partial charge >= 0.3 is 5.97 Å². The largest absolute Gasteiger partial charge is 0.465 e. The van der Waals surface area contributed by atoms with Crippen LogP contribution in [0.3, 0.4) is 0 Å². The van der Waals surface area contributed by atoms with Gasteiger partial charge in [-0.3, -0.25) is 4.57 Å². The lowest BCUT2D eigenvalue weighted by Gasteiger charge is -2.13. The number of halogens is 1. The van der Waals surface area contributed by atoms with Crippen molar-refractivity contribution in [1.82, 2.24) is 4.57 Å². The molecule has 2 N–H and O–H groups in total. The van der Waals surface area contributed by atoms with E-state index in [1.807, 2.05) is 12.1 Å². The molecular weight excluding hydrogens is 366 g/mol. The van der Waals surface area contributed by atoms with E-state index in [9.17, 15) is 10.1 Å². The van der Waals surface area contributed by atoms with Crippen LogP contribution in [-0.2, 0) is 11.3 Å². The summed E-state index contributed by atoms with van der Waals surface area (Å²) in [5.74, 6) is 0.403. The number of hydrogen-bond acceptors (Lipinski definition) is 5. The maximum atomic E-state index is 11.5. The van der Waals surface area contributed by atoms with E-state index in [1.165, 1.54) is 7.11 Å². The fourth-order valence-corrected chi connectivity index (χ4v) is 2.70. The number of carbonyl (C=O) groups excluding carboxylic acids is 1. The summed E-state index contributed by atoms with van der Waals surface area (Å²) in [6, 6.07) is 17.4. The molecule has 0 spiro atoms. The number of hydrogen-bond donors (Lipinski definition) is 1. The Morgan fingerprint density at radius 1 is 1.19 bits per heavy atom. The molecule has 136 valence electrons. The van der Waals surface area contributed by atoms with Crippen molar-refractivity contribution in [2.24, 2.45) is 0 Å². The highest BCUT2D eigenvalue weighted by Crippen LogP contribution is 2.32. The van der Waals surface area contributed by atoms with Gasteiger partial charge in [0, 0.05) is 11.1 Å². The fourth-order valence-electron chi connectivity index (χ4n) is 2.58. The molecule has 0 aliphatic rings. The van der Waals surface area contributed by atoms with Crippen LogP contribution >= 0.6 is 11.6 Å². The number of nitriles is 1. The number of nitrogens with zero attached hydrogens (tertiary/aromatic N) is 2. The van der Waals surface area contributed by atoms with E-state index in [2.05, 4.69) is 10.8 Å². The Kier molecular flexibility index (Phi) is 5.34. The van der Waals surface area contributed by atoms with Crippen LogP contribution in [0.4, 0.5) is 5.69 Å². The summed E-state index contributed by atoms with van der Waals surface area (Å²) < 4.78 is 12.3. The number of anilines is 1. The van der Waals surface area contributed by atoms with Gasteiger partial charge in [0.1, 0.15) is 17.5 Å². The lowest BCUT2D eigenvalue weighted by molar-refractivity contribution is 0.0600. The van der Waals surface area contributed by atoms with Crippen LogP contribution in [0.2, 0.25) is 5.02 Å². The summed E-state index contributed by atoms with van der Waals surface area (Å²) in [7, 11) is 1.32. The predicted octanol–water partition coefficient (Wildman–Crippen LogP) is 4.22. The van der Waals surface area contributed by atoms with Gasteiger partial charge in [-0.25, -0.2) is 4.79 Å². The van der Waals surface area contributed by atoms with Crippen LogP contribution in [0.15, 0.2) is 54.6 Å². The minimum Gasteiger partial charge on any atom is -0.465 e. The monoisotopic (exact) mass is 381 g/mol. The zero-order valence-electron chi connectivity index (χ0n) is 14.5. The second-order valence-corrected chi connectivity index (χ2v) is 6.17. The van der Waals surface area contributed by atoms with E-state index in [-0.39, 0.29) is 0 Å². The molecule has 6 nitrogen and oxygen atoms in total. The molecule has 0 aliphatic heterocycles. The topological polar surface area (TPSA) is 90.3 Å². The van der Waals surface area contributed by atoms with Crippen LogP contribution in [0.5, 0.6) is 11.6 Å². The average Bonchev–Trinajstić information content (AvgIpc) is 2.98. The van der Waals surface area contributed by atoms with E-state index in [1.54, 1.807) is 47.0 Å². The van der Waals surface area contributed by atoms with Crippen LogP contribution in [0.1, 0.15) is 21.6 Å². The van der Waals surface area contributed by atoms with Crippen molar-refractivity contribution in [2.75, 3.05) is 12.8 Å². The SMILES string of the molecule is COC(=O)c1ccc(Oc2c(N)cc(C#N)n2Cc2ccc(Cl)cc2)cc1. The first-order valence-electron chi connectivity index (χ1n) is 8.01. The lowest BCUT2D eigenvalue weighted by Crippen LogP contribution is -2.05. The number of nitrogens with two attached hydrogens (primary N) is 1. The first kappa shape index (κ1) is 18.4. The van der Waals surface area contributed by atoms with E-state index < -0.39 is 5.97 Å². The molecule has 0 amide bonds. The van der Waals surface area contributed by atoms with E-state index >= 15 is 0 Å². The van der Waals surface area contributed by atoms with Crippen molar-refractivity contribution in [1.29, 1.82) is 5.26 Å². The molecule has 0 radical (unpaired) electrons. The number of nitrogen functional groups attached to an aromatic ring is 1. The third kappa shape index (κ3) is 4.05. The summed E-state index contributed by atoms with van der Waals surface area (Å²) in [5.41, 5.74) is 8.13. The van der Waals surface area contributed by atoms with Crippen LogP contribution in [-0.4, -0.2) is 17.6 Å². The molecule has 1 heterocycles. The number of aromatic nitrogens is 1. The molecule has 3 rings (SSSR count). The molecule has 1 aromatic heterocycles. The lowest BCUT2D eigenvalue weighted by atomic mass is 10.2. The standard InChI is InChI=1S/C20H16ClN3O3/c1-26-20(25)14-4-8-17(9-5-14)27-19-18(23)10-16(11-22)24(19)12-13-2-6-15(21)7-3-13/h2-10H,12,23H2,1H3. The number of esters is 1. The number of carbonyl (C=O) groups is 1. The maximum absolute atomic E-state index is 11.5. The van der Waals surface area contributed by atoms with Crippen molar-refractivity contribution in [3.05, 3.63) is 76.4 Å². The highest BCUT2D eigenvalue weighted by atomic mass is 35.5. The van der Waals surface area contributed by atoms with Gasteiger partial charge in [-0.15, -0.1) is 0 Å². The molecule has 27 heavy (non-hydrogen) atoms. The van der Waals surface area contributed by atoms with Crippen LogP contribution in [0, 0.1) is 11.3 Å². The number of benzene rings is 2. The molecule has 0 saturated heterocycles. The van der Waals surface area contributed by atoms with E-state index in [4.69, 9.17) is 22.1 Å². The Labute approximate surface area is 161 Å².